The minimum Gasteiger partial charge on any atom is -0.508 e. The Morgan fingerprint density at radius 2 is 2.09 bits per heavy atom. The number of aliphatic hydroxyl groups is 2. The quantitative estimate of drug-likeness (QED) is 0.645. The normalized spacial score (nSPS) is 44.8. The molecule has 0 heterocycles. The number of fused-ring (bicyclic) bond motifs is 5. The Balaban J connectivity index is 1.77. The van der Waals surface area contributed by atoms with Crippen LogP contribution in [0.15, 0.2) is 18.2 Å². The number of aromatic hydroxyl groups is 1. The Labute approximate surface area is 137 Å². The van der Waals surface area contributed by atoms with Gasteiger partial charge in [-0.3, -0.25) is 0 Å². The summed E-state index contributed by atoms with van der Waals surface area (Å²) in [6, 6.07) is 5.52. The third kappa shape index (κ3) is 1.86. The van der Waals surface area contributed by atoms with Crippen molar-refractivity contribution in [2.45, 2.75) is 56.7 Å². The molecule has 2 fully saturated rings. The molecule has 3 nitrogen and oxygen atoms in total. The zero-order chi connectivity index (χ0) is 16.4. The van der Waals surface area contributed by atoms with Gasteiger partial charge in [0.2, 0.25) is 0 Å². The van der Waals surface area contributed by atoms with Crippen molar-refractivity contribution < 1.29 is 15.3 Å². The monoisotopic (exact) mass is 312 g/mol. The van der Waals surface area contributed by atoms with E-state index in [1.165, 1.54) is 5.56 Å². The zero-order valence-electron chi connectivity index (χ0n) is 13.5. The van der Waals surface area contributed by atoms with E-state index < -0.39 is 17.1 Å². The van der Waals surface area contributed by atoms with E-state index in [0.717, 1.165) is 24.8 Å². The van der Waals surface area contributed by atoms with Crippen LogP contribution >= 0.6 is 0 Å². The fourth-order valence-corrected chi connectivity index (χ4v) is 5.89. The zero-order valence-corrected chi connectivity index (χ0v) is 13.5. The lowest BCUT2D eigenvalue weighted by Crippen LogP contribution is -2.54. The molecule has 6 atom stereocenters. The van der Waals surface area contributed by atoms with Crippen molar-refractivity contribution in [3.63, 3.8) is 0 Å². The van der Waals surface area contributed by atoms with E-state index in [4.69, 9.17) is 6.42 Å². The molecule has 0 saturated heterocycles. The van der Waals surface area contributed by atoms with Crippen LogP contribution in [0, 0.1) is 29.6 Å². The number of hydrogen-bond acceptors (Lipinski definition) is 3. The van der Waals surface area contributed by atoms with E-state index in [2.05, 4.69) is 12.8 Å². The Hall–Kier alpha value is -1.50. The lowest BCUT2D eigenvalue weighted by atomic mass is 9.52. The van der Waals surface area contributed by atoms with Crippen LogP contribution in [-0.4, -0.2) is 27.0 Å². The number of phenols is 1. The summed E-state index contributed by atoms with van der Waals surface area (Å²) in [5.41, 5.74) is 0.819. The highest BCUT2D eigenvalue weighted by Crippen LogP contribution is 2.64. The SMILES string of the molecule is C#C[C@@]1(O)CC[C@H]2[C@@H]3CCc4cc(O)ccc4[C@H]3[C@@H](O)C[C@@]21C. The minimum absolute atomic E-state index is 0.0950. The summed E-state index contributed by atoms with van der Waals surface area (Å²) >= 11 is 0. The smallest absolute Gasteiger partial charge is 0.130 e. The van der Waals surface area contributed by atoms with E-state index in [9.17, 15) is 15.3 Å². The number of terminal acetylenes is 1. The molecule has 0 aromatic heterocycles. The molecule has 4 rings (SSSR count). The first kappa shape index (κ1) is 15.1. The van der Waals surface area contributed by atoms with Crippen molar-refractivity contribution in [3.8, 4) is 18.1 Å². The molecule has 0 radical (unpaired) electrons. The van der Waals surface area contributed by atoms with E-state index in [0.29, 0.717) is 30.4 Å². The topological polar surface area (TPSA) is 60.7 Å². The van der Waals surface area contributed by atoms with Crippen LogP contribution in [0.2, 0.25) is 0 Å². The number of rotatable bonds is 0. The van der Waals surface area contributed by atoms with Crippen molar-refractivity contribution in [1.82, 2.24) is 0 Å². The standard InChI is InChI=1S/C20H24O3/c1-3-20(23)9-8-16-15-6-4-12-10-13(21)5-7-14(12)18(15)17(22)11-19(16,20)2/h1,5,7,10,15-18,21-23H,4,6,8-9,11H2,2H3/t15-,16-,17-,18+,19-,20+/m0/s1. The molecule has 2 saturated carbocycles. The van der Waals surface area contributed by atoms with Gasteiger partial charge in [-0.15, -0.1) is 6.42 Å². The highest BCUT2D eigenvalue weighted by atomic mass is 16.3. The molecule has 0 aliphatic heterocycles. The van der Waals surface area contributed by atoms with Gasteiger partial charge in [0.05, 0.1) is 6.10 Å². The second kappa shape index (κ2) is 4.75. The molecule has 3 aliphatic rings. The maximum Gasteiger partial charge on any atom is 0.130 e. The number of aliphatic hydroxyl groups excluding tert-OH is 1. The largest absolute Gasteiger partial charge is 0.508 e. The van der Waals surface area contributed by atoms with Crippen molar-refractivity contribution in [2.75, 3.05) is 0 Å². The van der Waals surface area contributed by atoms with Crippen LogP contribution in [0.3, 0.4) is 0 Å². The molecule has 23 heavy (non-hydrogen) atoms. The molecule has 0 bridgehead atoms. The summed E-state index contributed by atoms with van der Waals surface area (Å²) in [6.45, 7) is 2.07. The van der Waals surface area contributed by atoms with E-state index in [1.807, 2.05) is 12.1 Å². The molecule has 0 spiro atoms. The van der Waals surface area contributed by atoms with Crippen LogP contribution in [0.25, 0.3) is 0 Å². The molecule has 3 heteroatoms. The number of phenolic OH excluding ortho intramolecular Hbond substituents is 1. The predicted molar refractivity (Wildman–Crippen MR) is 87.9 cm³/mol. The van der Waals surface area contributed by atoms with Gasteiger partial charge in [0.1, 0.15) is 11.4 Å². The van der Waals surface area contributed by atoms with Crippen LogP contribution in [0.1, 0.15) is 49.7 Å². The van der Waals surface area contributed by atoms with Crippen LogP contribution < -0.4 is 0 Å². The summed E-state index contributed by atoms with van der Waals surface area (Å²) < 4.78 is 0. The van der Waals surface area contributed by atoms with Crippen molar-refractivity contribution in [2.24, 2.45) is 17.3 Å². The van der Waals surface area contributed by atoms with E-state index in [-0.39, 0.29) is 5.92 Å². The van der Waals surface area contributed by atoms with E-state index >= 15 is 0 Å². The molecule has 0 unspecified atom stereocenters. The Morgan fingerprint density at radius 3 is 2.83 bits per heavy atom. The van der Waals surface area contributed by atoms with Crippen molar-refractivity contribution >= 4 is 0 Å². The van der Waals surface area contributed by atoms with Crippen molar-refractivity contribution in [1.29, 1.82) is 0 Å². The van der Waals surface area contributed by atoms with E-state index in [1.54, 1.807) is 6.07 Å². The van der Waals surface area contributed by atoms with Gasteiger partial charge >= 0.3 is 0 Å². The molecule has 1 aromatic rings. The molecule has 122 valence electrons. The minimum atomic E-state index is -1.10. The van der Waals surface area contributed by atoms with Gasteiger partial charge in [-0.1, -0.05) is 18.9 Å². The van der Waals surface area contributed by atoms with Gasteiger partial charge in [-0.05, 0) is 67.2 Å². The van der Waals surface area contributed by atoms with Crippen LogP contribution in [0.4, 0.5) is 0 Å². The lowest BCUT2D eigenvalue weighted by molar-refractivity contribution is -0.107. The third-order valence-corrected chi connectivity index (χ3v) is 7.08. The maximum atomic E-state index is 10.9. The lowest BCUT2D eigenvalue weighted by Gasteiger charge is -2.54. The molecule has 0 amide bonds. The molecular formula is C20H24O3. The van der Waals surface area contributed by atoms with Crippen molar-refractivity contribution in [3.05, 3.63) is 29.3 Å². The summed E-state index contributed by atoms with van der Waals surface area (Å²) in [7, 11) is 0. The van der Waals surface area contributed by atoms with Gasteiger partial charge < -0.3 is 15.3 Å². The molecule has 1 aromatic carbocycles. The highest BCUT2D eigenvalue weighted by Gasteiger charge is 2.63. The van der Waals surface area contributed by atoms with Crippen LogP contribution in [-0.2, 0) is 6.42 Å². The van der Waals surface area contributed by atoms with Gasteiger partial charge in [0.25, 0.3) is 0 Å². The first-order chi connectivity index (χ1) is 10.9. The average Bonchev–Trinajstić information content (AvgIpc) is 2.78. The molecular weight excluding hydrogens is 288 g/mol. The predicted octanol–water partition coefficient (Wildman–Crippen LogP) is 2.58. The van der Waals surface area contributed by atoms with Gasteiger partial charge in [0.15, 0.2) is 0 Å². The summed E-state index contributed by atoms with van der Waals surface area (Å²) in [6.07, 6.45) is 9.16. The van der Waals surface area contributed by atoms with Gasteiger partial charge in [-0.2, -0.15) is 0 Å². The summed E-state index contributed by atoms with van der Waals surface area (Å²) in [5, 5.41) is 31.6. The molecule has 3 N–H and O–H groups in total. The number of benzene rings is 1. The second-order valence-corrected chi connectivity index (χ2v) is 7.95. The Kier molecular flexibility index (Phi) is 3.11. The van der Waals surface area contributed by atoms with Gasteiger partial charge in [0, 0.05) is 11.3 Å². The maximum absolute atomic E-state index is 10.9. The second-order valence-electron chi connectivity index (χ2n) is 7.95. The average molecular weight is 312 g/mol. The highest BCUT2D eigenvalue weighted by molar-refractivity contribution is 5.41. The summed E-state index contributed by atoms with van der Waals surface area (Å²) in [5.74, 6) is 3.72. The third-order valence-electron chi connectivity index (χ3n) is 7.08. The molecule has 3 aliphatic carbocycles. The number of hydrogen-bond donors (Lipinski definition) is 3. The Morgan fingerprint density at radius 1 is 1.30 bits per heavy atom. The van der Waals surface area contributed by atoms with Gasteiger partial charge in [-0.25, -0.2) is 0 Å². The summed E-state index contributed by atoms with van der Waals surface area (Å²) in [4.78, 5) is 0. The Bertz CT molecular complexity index is 691. The fraction of sp³-hybridized carbons (Fsp3) is 0.600. The van der Waals surface area contributed by atoms with Crippen LogP contribution in [0.5, 0.6) is 5.75 Å². The first-order valence-electron chi connectivity index (χ1n) is 8.59. The fourth-order valence-electron chi connectivity index (χ4n) is 5.89. The number of aryl methyl sites for hydroxylation is 1. The first-order valence-corrected chi connectivity index (χ1v) is 8.59.